The molecule has 6 nitrogen and oxygen atoms in total. The maximum absolute atomic E-state index is 13.2. The molecule has 1 fully saturated rings. The molecule has 3 aromatic rings. The molecule has 140 valence electrons. The molecule has 4 rings (SSSR count). The highest BCUT2D eigenvalue weighted by molar-refractivity contribution is 7.07. The Bertz CT molecular complexity index is 1010. The van der Waals surface area contributed by atoms with E-state index in [1.165, 1.54) is 10.9 Å². The van der Waals surface area contributed by atoms with Crippen LogP contribution < -0.4 is 5.56 Å². The first kappa shape index (κ1) is 17.9. The molecule has 1 atom stereocenters. The van der Waals surface area contributed by atoms with E-state index in [4.69, 9.17) is 4.74 Å². The maximum atomic E-state index is 13.2. The first-order valence-corrected chi connectivity index (χ1v) is 9.93. The summed E-state index contributed by atoms with van der Waals surface area (Å²) >= 11 is 1.62. The third kappa shape index (κ3) is 3.79. The van der Waals surface area contributed by atoms with Crippen molar-refractivity contribution >= 4 is 28.1 Å². The predicted octanol–water partition coefficient (Wildman–Crippen LogP) is 2.82. The Kier molecular flexibility index (Phi) is 5.05. The lowest BCUT2D eigenvalue weighted by atomic mass is 10.1. The Morgan fingerprint density at radius 1 is 1.41 bits per heavy atom. The van der Waals surface area contributed by atoms with E-state index in [1.54, 1.807) is 36.6 Å². The van der Waals surface area contributed by atoms with Crippen LogP contribution in [0, 0.1) is 0 Å². The Morgan fingerprint density at radius 2 is 2.30 bits per heavy atom. The summed E-state index contributed by atoms with van der Waals surface area (Å²) in [6.07, 6.45) is 3.57. The minimum absolute atomic E-state index is 0.0684. The molecule has 0 spiro atoms. The number of benzene rings is 1. The van der Waals surface area contributed by atoms with Crippen LogP contribution >= 0.6 is 11.3 Å². The third-order valence-corrected chi connectivity index (χ3v) is 5.59. The fraction of sp³-hybridized carbons (Fsp3) is 0.350. The topological polar surface area (TPSA) is 64.4 Å². The lowest BCUT2D eigenvalue weighted by Gasteiger charge is -2.25. The van der Waals surface area contributed by atoms with E-state index in [9.17, 15) is 9.59 Å². The Hall–Kier alpha value is -2.51. The van der Waals surface area contributed by atoms with E-state index in [1.807, 2.05) is 16.3 Å². The van der Waals surface area contributed by atoms with Crippen LogP contribution in [0.5, 0.6) is 0 Å². The lowest BCUT2D eigenvalue weighted by Crippen LogP contribution is -2.36. The van der Waals surface area contributed by atoms with Crippen LogP contribution in [0.15, 0.2) is 46.1 Å². The van der Waals surface area contributed by atoms with Gasteiger partial charge in [0.05, 0.1) is 23.3 Å². The van der Waals surface area contributed by atoms with Gasteiger partial charge in [0, 0.05) is 32.3 Å². The van der Waals surface area contributed by atoms with Gasteiger partial charge in [-0.2, -0.15) is 11.3 Å². The van der Waals surface area contributed by atoms with Crippen molar-refractivity contribution in [2.24, 2.45) is 7.05 Å². The smallest absolute Gasteiger partial charge is 0.260 e. The number of hydrogen-bond acceptors (Lipinski definition) is 5. The summed E-state index contributed by atoms with van der Waals surface area (Å²) in [7, 11) is 1.66. The second-order valence-electron chi connectivity index (χ2n) is 6.84. The molecule has 0 bridgehead atoms. The highest BCUT2D eigenvalue weighted by Crippen LogP contribution is 2.19. The molecule has 0 unspecified atom stereocenters. The number of fused-ring (bicyclic) bond motifs is 1. The fourth-order valence-electron chi connectivity index (χ4n) is 3.38. The second-order valence-corrected chi connectivity index (χ2v) is 7.62. The van der Waals surface area contributed by atoms with E-state index < -0.39 is 0 Å². The van der Waals surface area contributed by atoms with Crippen LogP contribution in [0.4, 0.5) is 0 Å². The Balaban J connectivity index is 1.64. The normalized spacial score (nSPS) is 16.7. The van der Waals surface area contributed by atoms with Gasteiger partial charge in [-0.15, -0.1) is 0 Å². The Labute approximate surface area is 161 Å². The standard InChI is InChI=1S/C20H21N3O3S/c1-22-13-21-18-9-15(4-5-17(18)20(22)25)19(24)23(10-14-6-8-27-12-14)11-16-3-2-7-26-16/h4-6,8-9,12-13,16H,2-3,7,10-11H2,1H3/t16-/m0/s1. The van der Waals surface area contributed by atoms with Crippen LogP contribution in [0.3, 0.4) is 0 Å². The van der Waals surface area contributed by atoms with Crippen LogP contribution in [0.1, 0.15) is 28.8 Å². The van der Waals surface area contributed by atoms with Crippen molar-refractivity contribution < 1.29 is 9.53 Å². The van der Waals surface area contributed by atoms with E-state index in [0.29, 0.717) is 29.6 Å². The van der Waals surface area contributed by atoms with Crippen molar-refractivity contribution in [3.8, 4) is 0 Å². The zero-order valence-corrected chi connectivity index (χ0v) is 15.9. The minimum atomic E-state index is -0.117. The monoisotopic (exact) mass is 383 g/mol. The molecule has 0 radical (unpaired) electrons. The molecule has 0 saturated carbocycles. The highest BCUT2D eigenvalue weighted by atomic mass is 32.1. The van der Waals surface area contributed by atoms with Crippen LogP contribution in [0.2, 0.25) is 0 Å². The van der Waals surface area contributed by atoms with Gasteiger partial charge in [0.1, 0.15) is 0 Å². The van der Waals surface area contributed by atoms with Crippen molar-refractivity contribution in [2.45, 2.75) is 25.5 Å². The molecule has 0 aliphatic carbocycles. The molecule has 2 aromatic heterocycles. The number of hydrogen-bond donors (Lipinski definition) is 0. The van der Waals surface area contributed by atoms with E-state index in [0.717, 1.165) is 25.0 Å². The van der Waals surface area contributed by atoms with Gasteiger partial charge in [0.25, 0.3) is 11.5 Å². The number of carbonyl (C=O) groups excluding carboxylic acids is 1. The van der Waals surface area contributed by atoms with Gasteiger partial charge in [-0.3, -0.25) is 9.59 Å². The van der Waals surface area contributed by atoms with Crippen molar-refractivity contribution in [1.82, 2.24) is 14.5 Å². The van der Waals surface area contributed by atoms with Crippen LogP contribution in [-0.2, 0) is 18.3 Å². The molecule has 1 aromatic carbocycles. The summed E-state index contributed by atoms with van der Waals surface area (Å²) in [5.74, 6) is -0.0684. The SMILES string of the molecule is Cn1cnc2cc(C(=O)N(Cc3ccsc3)C[C@@H]3CCCO3)ccc2c1=O. The van der Waals surface area contributed by atoms with E-state index in [-0.39, 0.29) is 17.6 Å². The fourth-order valence-corrected chi connectivity index (χ4v) is 4.04. The largest absolute Gasteiger partial charge is 0.376 e. The Morgan fingerprint density at radius 3 is 3.04 bits per heavy atom. The molecule has 3 heterocycles. The van der Waals surface area contributed by atoms with Gasteiger partial charge in [-0.1, -0.05) is 0 Å². The van der Waals surface area contributed by atoms with Gasteiger partial charge in [0.15, 0.2) is 0 Å². The van der Waals surface area contributed by atoms with Gasteiger partial charge in [0.2, 0.25) is 0 Å². The molecule has 1 saturated heterocycles. The molecule has 7 heteroatoms. The number of rotatable bonds is 5. The average molecular weight is 383 g/mol. The lowest BCUT2D eigenvalue weighted by molar-refractivity contribution is 0.0507. The first-order valence-electron chi connectivity index (χ1n) is 8.99. The zero-order chi connectivity index (χ0) is 18.8. The molecular formula is C20H21N3O3S. The summed E-state index contributed by atoms with van der Waals surface area (Å²) in [6.45, 7) is 1.87. The van der Waals surface area contributed by atoms with Gasteiger partial charge >= 0.3 is 0 Å². The predicted molar refractivity (Wildman–Crippen MR) is 105 cm³/mol. The summed E-state index contributed by atoms with van der Waals surface area (Å²) in [4.78, 5) is 31.5. The molecule has 0 N–H and O–H groups in total. The van der Waals surface area contributed by atoms with Gasteiger partial charge in [-0.05, 0) is 53.4 Å². The number of nitrogens with zero attached hydrogens (tertiary/aromatic N) is 3. The number of thiophene rings is 1. The van der Waals surface area contributed by atoms with E-state index in [2.05, 4.69) is 10.4 Å². The summed E-state index contributed by atoms with van der Waals surface area (Å²) in [6, 6.07) is 7.14. The molecule has 1 amide bonds. The van der Waals surface area contributed by atoms with Crippen molar-refractivity contribution in [1.29, 1.82) is 0 Å². The minimum Gasteiger partial charge on any atom is -0.376 e. The number of carbonyl (C=O) groups is 1. The summed E-state index contributed by atoms with van der Waals surface area (Å²) < 4.78 is 7.17. The van der Waals surface area contributed by atoms with Crippen LogP contribution in [-0.4, -0.2) is 39.6 Å². The molecule has 1 aliphatic rings. The van der Waals surface area contributed by atoms with Crippen molar-refractivity contribution in [2.75, 3.05) is 13.2 Å². The number of amides is 1. The maximum Gasteiger partial charge on any atom is 0.260 e. The van der Waals surface area contributed by atoms with Crippen LogP contribution in [0.25, 0.3) is 10.9 Å². The molecule has 27 heavy (non-hydrogen) atoms. The highest BCUT2D eigenvalue weighted by Gasteiger charge is 2.24. The first-order chi connectivity index (χ1) is 13.1. The van der Waals surface area contributed by atoms with Crippen molar-refractivity contribution in [3.05, 3.63) is 62.8 Å². The van der Waals surface area contributed by atoms with Gasteiger partial charge in [-0.25, -0.2) is 4.98 Å². The van der Waals surface area contributed by atoms with Gasteiger partial charge < -0.3 is 14.2 Å². The third-order valence-electron chi connectivity index (χ3n) is 4.85. The van der Waals surface area contributed by atoms with E-state index >= 15 is 0 Å². The second kappa shape index (κ2) is 7.62. The average Bonchev–Trinajstić information content (AvgIpc) is 3.37. The van der Waals surface area contributed by atoms with Crippen molar-refractivity contribution in [3.63, 3.8) is 0 Å². The number of aromatic nitrogens is 2. The zero-order valence-electron chi connectivity index (χ0n) is 15.1. The number of aryl methyl sites for hydroxylation is 1. The molecular weight excluding hydrogens is 362 g/mol. The molecule has 1 aliphatic heterocycles. The summed E-state index contributed by atoms with van der Waals surface area (Å²) in [5, 5.41) is 4.58. The quantitative estimate of drug-likeness (QED) is 0.680. The summed E-state index contributed by atoms with van der Waals surface area (Å²) in [5.41, 5.74) is 2.07. The number of ether oxygens (including phenoxy) is 1.